The van der Waals surface area contributed by atoms with E-state index in [0.717, 1.165) is 12.0 Å². The molecule has 112 valence electrons. The second kappa shape index (κ2) is 7.23. The molecular formula is C18H22FNO. The van der Waals surface area contributed by atoms with Crippen molar-refractivity contribution in [3.8, 4) is 5.75 Å². The number of rotatable bonds is 6. The van der Waals surface area contributed by atoms with Gasteiger partial charge in [0.05, 0.1) is 6.61 Å². The Kier molecular flexibility index (Phi) is 5.34. The van der Waals surface area contributed by atoms with Gasteiger partial charge in [0.25, 0.3) is 0 Å². The molecule has 2 nitrogen and oxygen atoms in total. The van der Waals surface area contributed by atoms with Crippen LogP contribution in [0.2, 0.25) is 0 Å². The summed E-state index contributed by atoms with van der Waals surface area (Å²) in [6.45, 7) is 4.85. The fourth-order valence-electron chi connectivity index (χ4n) is 2.39. The van der Waals surface area contributed by atoms with E-state index in [0.29, 0.717) is 18.9 Å². The molecule has 1 unspecified atom stereocenters. The minimum atomic E-state index is -0.322. The monoisotopic (exact) mass is 287 g/mol. The standard InChI is InChI=1S/C18H22FNO/c1-3-21-18-9-8-15(11-17(18)19)16(12-20)10-14-6-4-13(2)5-7-14/h4-9,11,16H,3,10,12,20H2,1-2H3. The van der Waals surface area contributed by atoms with Gasteiger partial charge in [-0.3, -0.25) is 0 Å². The molecule has 3 heteroatoms. The van der Waals surface area contributed by atoms with Gasteiger partial charge >= 0.3 is 0 Å². The minimum Gasteiger partial charge on any atom is -0.491 e. The highest BCUT2D eigenvalue weighted by Crippen LogP contribution is 2.25. The average molecular weight is 287 g/mol. The molecule has 2 N–H and O–H groups in total. The Morgan fingerprint density at radius 3 is 2.43 bits per heavy atom. The molecule has 0 aliphatic carbocycles. The summed E-state index contributed by atoms with van der Waals surface area (Å²) >= 11 is 0. The van der Waals surface area contributed by atoms with Gasteiger partial charge in [-0.05, 0) is 50.1 Å². The summed E-state index contributed by atoms with van der Waals surface area (Å²) in [7, 11) is 0. The van der Waals surface area contributed by atoms with E-state index in [-0.39, 0.29) is 11.7 Å². The summed E-state index contributed by atoms with van der Waals surface area (Å²) < 4.78 is 19.2. The molecule has 0 radical (unpaired) electrons. The van der Waals surface area contributed by atoms with E-state index in [2.05, 4.69) is 31.2 Å². The highest BCUT2D eigenvalue weighted by Gasteiger charge is 2.13. The summed E-state index contributed by atoms with van der Waals surface area (Å²) in [4.78, 5) is 0. The van der Waals surface area contributed by atoms with Gasteiger partial charge in [0.1, 0.15) is 0 Å². The van der Waals surface area contributed by atoms with Crippen molar-refractivity contribution in [2.45, 2.75) is 26.2 Å². The van der Waals surface area contributed by atoms with Gasteiger partial charge in [0.15, 0.2) is 11.6 Å². The number of aryl methyl sites for hydroxylation is 1. The van der Waals surface area contributed by atoms with Gasteiger partial charge in [-0.25, -0.2) is 4.39 Å². The molecule has 0 fully saturated rings. The number of ether oxygens (including phenoxy) is 1. The van der Waals surface area contributed by atoms with E-state index in [9.17, 15) is 4.39 Å². The largest absolute Gasteiger partial charge is 0.491 e. The fourth-order valence-corrected chi connectivity index (χ4v) is 2.39. The molecule has 0 spiro atoms. The Morgan fingerprint density at radius 2 is 1.86 bits per heavy atom. The summed E-state index contributed by atoms with van der Waals surface area (Å²) in [5.41, 5.74) is 9.24. The topological polar surface area (TPSA) is 35.2 Å². The van der Waals surface area contributed by atoms with Crippen molar-refractivity contribution in [1.82, 2.24) is 0 Å². The first-order valence-corrected chi connectivity index (χ1v) is 7.32. The number of halogens is 1. The second-order valence-electron chi connectivity index (χ2n) is 5.25. The van der Waals surface area contributed by atoms with Crippen LogP contribution in [0.15, 0.2) is 42.5 Å². The first-order chi connectivity index (χ1) is 10.1. The van der Waals surface area contributed by atoms with E-state index in [1.165, 1.54) is 17.2 Å². The van der Waals surface area contributed by atoms with Crippen LogP contribution in [-0.4, -0.2) is 13.2 Å². The summed E-state index contributed by atoms with van der Waals surface area (Å²) in [6.07, 6.45) is 0.810. The SMILES string of the molecule is CCOc1ccc(C(CN)Cc2ccc(C)cc2)cc1F. The summed E-state index contributed by atoms with van der Waals surface area (Å²) in [6, 6.07) is 13.5. The third kappa shape index (κ3) is 4.05. The number of nitrogens with two attached hydrogens (primary N) is 1. The Balaban J connectivity index is 2.17. The molecular weight excluding hydrogens is 265 g/mol. The number of hydrogen-bond donors (Lipinski definition) is 1. The van der Waals surface area contributed by atoms with Gasteiger partial charge in [-0.15, -0.1) is 0 Å². The van der Waals surface area contributed by atoms with E-state index in [1.54, 1.807) is 6.07 Å². The molecule has 0 saturated carbocycles. The number of benzene rings is 2. The van der Waals surface area contributed by atoms with Crippen molar-refractivity contribution in [2.24, 2.45) is 5.73 Å². The first kappa shape index (κ1) is 15.5. The lowest BCUT2D eigenvalue weighted by Crippen LogP contribution is -2.15. The molecule has 0 aromatic heterocycles. The van der Waals surface area contributed by atoms with Crippen molar-refractivity contribution < 1.29 is 9.13 Å². The molecule has 0 saturated heterocycles. The molecule has 0 aliphatic heterocycles. The molecule has 0 aliphatic rings. The average Bonchev–Trinajstić information content (AvgIpc) is 2.49. The molecule has 0 heterocycles. The zero-order valence-electron chi connectivity index (χ0n) is 12.6. The zero-order chi connectivity index (χ0) is 15.2. The fraction of sp³-hybridized carbons (Fsp3) is 0.333. The maximum atomic E-state index is 14.0. The van der Waals surface area contributed by atoms with Gasteiger partial charge in [0, 0.05) is 5.92 Å². The van der Waals surface area contributed by atoms with Crippen LogP contribution in [0.5, 0.6) is 5.75 Å². The molecule has 2 aromatic rings. The Labute approximate surface area is 125 Å². The maximum absolute atomic E-state index is 14.0. The van der Waals surface area contributed by atoms with E-state index in [4.69, 9.17) is 10.5 Å². The second-order valence-corrected chi connectivity index (χ2v) is 5.25. The van der Waals surface area contributed by atoms with Gasteiger partial charge < -0.3 is 10.5 Å². The Hall–Kier alpha value is -1.87. The van der Waals surface area contributed by atoms with Crippen molar-refractivity contribution in [2.75, 3.05) is 13.2 Å². The van der Waals surface area contributed by atoms with Crippen LogP contribution in [0.25, 0.3) is 0 Å². The van der Waals surface area contributed by atoms with Crippen LogP contribution in [0.4, 0.5) is 4.39 Å². The predicted octanol–water partition coefficient (Wildman–Crippen LogP) is 3.82. The van der Waals surface area contributed by atoms with Crippen molar-refractivity contribution in [1.29, 1.82) is 0 Å². The van der Waals surface area contributed by atoms with Crippen LogP contribution < -0.4 is 10.5 Å². The van der Waals surface area contributed by atoms with E-state index >= 15 is 0 Å². The molecule has 0 amide bonds. The van der Waals surface area contributed by atoms with Gasteiger partial charge in [-0.1, -0.05) is 35.9 Å². The van der Waals surface area contributed by atoms with E-state index in [1.807, 2.05) is 13.0 Å². The molecule has 1 atom stereocenters. The van der Waals surface area contributed by atoms with Crippen LogP contribution in [0, 0.1) is 12.7 Å². The predicted molar refractivity (Wildman–Crippen MR) is 84.2 cm³/mol. The highest BCUT2D eigenvalue weighted by atomic mass is 19.1. The number of hydrogen-bond acceptors (Lipinski definition) is 2. The van der Waals surface area contributed by atoms with Crippen LogP contribution in [0.1, 0.15) is 29.5 Å². The summed E-state index contributed by atoms with van der Waals surface area (Å²) in [5, 5.41) is 0. The molecule has 2 rings (SSSR count). The Bertz CT molecular complexity index is 580. The highest BCUT2D eigenvalue weighted by molar-refractivity contribution is 5.33. The molecule has 2 aromatic carbocycles. The minimum absolute atomic E-state index is 0.109. The normalized spacial score (nSPS) is 12.2. The summed E-state index contributed by atoms with van der Waals surface area (Å²) in [5.74, 6) is 0.0851. The smallest absolute Gasteiger partial charge is 0.165 e. The van der Waals surface area contributed by atoms with Crippen LogP contribution in [-0.2, 0) is 6.42 Å². The molecule has 21 heavy (non-hydrogen) atoms. The van der Waals surface area contributed by atoms with Crippen molar-refractivity contribution in [3.05, 3.63) is 65.0 Å². The van der Waals surface area contributed by atoms with Crippen molar-refractivity contribution >= 4 is 0 Å². The van der Waals surface area contributed by atoms with Gasteiger partial charge in [0.2, 0.25) is 0 Å². The third-order valence-corrected chi connectivity index (χ3v) is 3.61. The Morgan fingerprint density at radius 1 is 1.14 bits per heavy atom. The van der Waals surface area contributed by atoms with E-state index < -0.39 is 0 Å². The molecule has 0 bridgehead atoms. The van der Waals surface area contributed by atoms with Crippen LogP contribution >= 0.6 is 0 Å². The third-order valence-electron chi connectivity index (χ3n) is 3.61. The van der Waals surface area contributed by atoms with Crippen molar-refractivity contribution in [3.63, 3.8) is 0 Å². The lowest BCUT2D eigenvalue weighted by Gasteiger charge is -2.16. The lowest BCUT2D eigenvalue weighted by atomic mass is 9.91. The lowest BCUT2D eigenvalue weighted by molar-refractivity contribution is 0.321. The first-order valence-electron chi connectivity index (χ1n) is 7.32. The van der Waals surface area contributed by atoms with Crippen LogP contribution in [0.3, 0.4) is 0 Å². The quantitative estimate of drug-likeness (QED) is 0.876. The zero-order valence-corrected chi connectivity index (χ0v) is 12.6. The van der Waals surface area contributed by atoms with Gasteiger partial charge in [-0.2, -0.15) is 0 Å². The maximum Gasteiger partial charge on any atom is 0.165 e.